The summed E-state index contributed by atoms with van der Waals surface area (Å²) < 4.78 is 3.84. The maximum atomic E-state index is 5.04. The summed E-state index contributed by atoms with van der Waals surface area (Å²) in [5.41, 5.74) is 2.72. The monoisotopic (exact) mass is 659 g/mol. The van der Waals surface area contributed by atoms with Crippen LogP contribution in [-0.2, 0) is 30.9 Å². The molecular formula is C34H41NNi2Se. The summed E-state index contributed by atoms with van der Waals surface area (Å²) in [6.07, 6.45) is 24.7. The molecule has 0 spiro atoms. The van der Waals surface area contributed by atoms with E-state index in [1.165, 1.54) is 49.4 Å². The number of hydrogen-bond acceptors (Lipinski definition) is 1. The van der Waals surface area contributed by atoms with E-state index in [0.717, 1.165) is 44.9 Å². The molecule has 3 aliphatic rings. The fourth-order valence-electron chi connectivity index (χ4n) is 4.28. The first-order valence-corrected chi connectivity index (χ1v) is 16.8. The number of allylic oxidation sites excluding steroid dienone is 8. The van der Waals surface area contributed by atoms with Crippen LogP contribution in [0.2, 0.25) is 5.32 Å². The second kappa shape index (κ2) is 18.0. The molecule has 2 aromatic carbocycles. The van der Waals surface area contributed by atoms with Crippen molar-refractivity contribution >= 4 is 25.1 Å². The molecule has 208 valence electrons. The van der Waals surface area contributed by atoms with E-state index in [2.05, 4.69) is 104 Å². The van der Waals surface area contributed by atoms with Crippen molar-refractivity contribution in [3.8, 4) is 0 Å². The first kappa shape index (κ1) is 31.1. The minimum absolute atomic E-state index is 0.140. The average molecular weight is 660 g/mol. The maximum absolute atomic E-state index is 5.04. The molecule has 0 radical (unpaired) electrons. The number of rotatable bonds is 4. The fraction of sp³-hybridized carbons (Fsp3) is 0.382. The second-order valence-electron chi connectivity index (χ2n) is 9.92. The van der Waals surface area contributed by atoms with Gasteiger partial charge >= 0.3 is 255 Å². The van der Waals surface area contributed by atoms with Gasteiger partial charge in [-0.25, -0.2) is 0 Å². The van der Waals surface area contributed by atoms with Gasteiger partial charge < -0.3 is 0 Å². The van der Waals surface area contributed by atoms with E-state index < -0.39 is 0 Å². The molecule has 1 heterocycles. The summed E-state index contributed by atoms with van der Waals surface area (Å²) in [4.78, 5) is 5.04. The van der Waals surface area contributed by atoms with Gasteiger partial charge in [0.15, 0.2) is 0 Å². The molecule has 0 saturated carbocycles. The predicted octanol–water partition coefficient (Wildman–Crippen LogP) is 8.57. The van der Waals surface area contributed by atoms with E-state index in [0.29, 0.717) is 15.0 Å². The molecular weight excluding hydrogens is 619 g/mol. The molecule has 4 heteroatoms. The minimum atomic E-state index is 0.140. The molecule has 5 rings (SSSR count). The van der Waals surface area contributed by atoms with Crippen molar-refractivity contribution in [1.29, 1.82) is 0 Å². The van der Waals surface area contributed by atoms with E-state index in [1.807, 2.05) is 0 Å². The van der Waals surface area contributed by atoms with E-state index in [1.54, 1.807) is 0 Å². The second-order valence-corrected chi connectivity index (χ2v) is 13.4. The molecule has 1 nitrogen and oxygen atoms in total. The summed E-state index contributed by atoms with van der Waals surface area (Å²) in [5, 5.41) is 1.19. The number of benzene rings is 2. The van der Waals surface area contributed by atoms with Crippen molar-refractivity contribution in [3.63, 3.8) is 0 Å². The van der Waals surface area contributed by atoms with Crippen LogP contribution in [0, 0.1) is 0 Å². The van der Waals surface area contributed by atoms with Gasteiger partial charge in [-0.3, -0.25) is 0 Å². The molecule has 2 aromatic rings. The Bertz CT molecular complexity index is 1070. The van der Waals surface area contributed by atoms with Gasteiger partial charge in [0.1, 0.15) is 0 Å². The normalized spacial score (nSPS) is 21.1. The summed E-state index contributed by atoms with van der Waals surface area (Å²) in [5.74, 6) is 0. The zero-order valence-electron chi connectivity index (χ0n) is 22.5. The summed E-state index contributed by atoms with van der Waals surface area (Å²) in [7, 11) is 0. The van der Waals surface area contributed by atoms with E-state index in [4.69, 9.17) is 35.9 Å². The molecule has 0 aromatic heterocycles. The van der Waals surface area contributed by atoms with Gasteiger partial charge in [0, 0.05) is 0 Å². The third-order valence-electron chi connectivity index (χ3n) is 6.48. The van der Waals surface area contributed by atoms with Crippen LogP contribution in [0.3, 0.4) is 0 Å². The molecule has 0 amide bonds. The Morgan fingerprint density at radius 3 is 1.79 bits per heavy atom. The van der Waals surface area contributed by atoms with Crippen LogP contribution in [0.5, 0.6) is 0 Å². The molecule has 1 aliphatic heterocycles. The number of hydrogen-bond donors (Lipinski definition) is 0. The van der Waals surface area contributed by atoms with Crippen LogP contribution in [0.1, 0.15) is 76.7 Å². The summed E-state index contributed by atoms with van der Waals surface area (Å²) in [6.45, 7) is 2.31. The predicted molar refractivity (Wildman–Crippen MR) is 159 cm³/mol. The molecule has 1 unspecified atom stereocenters. The zero-order chi connectivity index (χ0) is 26.9. The first-order valence-electron chi connectivity index (χ1n) is 13.8. The Labute approximate surface area is 253 Å². The van der Waals surface area contributed by atoms with Gasteiger partial charge in [0.05, 0.1) is 0 Å². The molecule has 0 bridgehead atoms. The molecule has 2 aliphatic carbocycles. The van der Waals surface area contributed by atoms with Crippen LogP contribution >= 0.6 is 0 Å². The van der Waals surface area contributed by atoms with Crippen molar-refractivity contribution in [2.45, 2.75) is 82.0 Å². The topological polar surface area (TPSA) is 12.4 Å². The summed E-state index contributed by atoms with van der Waals surface area (Å²) in [6, 6.07) is 21.4. The number of nitrogens with zero attached hydrogens (tertiary/aromatic N) is 1. The Morgan fingerprint density at radius 1 is 0.684 bits per heavy atom. The Balaban J connectivity index is 0.000000184. The van der Waals surface area contributed by atoms with Gasteiger partial charge in [0.25, 0.3) is 0 Å². The quantitative estimate of drug-likeness (QED) is 0.230. The number of aliphatic imine (C=N–C) groups is 1. The van der Waals surface area contributed by atoms with Crippen LogP contribution in [0.25, 0.3) is 0 Å². The van der Waals surface area contributed by atoms with Crippen molar-refractivity contribution in [2.75, 3.05) is 0 Å². The van der Waals surface area contributed by atoms with Gasteiger partial charge in [-0.1, -0.05) is 0 Å². The molecule has 0 N–H and O–H groups in total. The average Bonchev–Trinajstić information content (AvgIpc) is 3.32. The SMILES string of the molecule is CC1(C[Se]c2ccccc2)CCC(c2ccccc2)=N1.[Ni][C]1=CCCC=CCC1.[Ni][C]1=CCCC=CCC1. The Hall–Kier alpha value is -1.42. The van der Waals surface area contributed by atoms with E-state index in [9.17, 15) is 0 Å². The fourth-order valence-corrected chi connectivity index (χ4v) is 7.02. The van der Waals surface area contributed by atoms with Crippen LogP contribution < -0.4 is 4.46 Å². The Kier molecular flexibility index (Phi) is 14.8. The van der Waals surface area contributed by atoms with Gasteiger partial charge in [-0.05, 0) is 0 Å². The molecule has 0 saturated heterocycles. The summed E-state index contributed by atoms with van der Waals surface area (Å²) >= 11 is 10.1. The molecule has 38 heavy (non-hydrogen) atoms. The van der Waals surface area contributed by atoms with Crippen LogP contribution in [0.4, 0.5) is 0 Å². The van der Waals surface area contributed by atoms with Gasteiger partial charge in [-0.15, -0.1) is 0 Å². The van der Waals surface area contributed by atoms with Gasteiger partial charge in [0.2, 0.25) is 0 Å². The van der Waals surface area contributed by atoms with E-state index in [-0.39, 0.29) is 5.54 Å². The van der Waals surface area contributed by atoms with Crippen molar-refractivity contribution in [2.24, 2.45) is 4.99 Å². The van der Waals surface area contributed by atoms with Gasteiger partial charge in [-0.2, -0.15) is 0 Å². The Morgan fingerprint density at radius 2 is 1.21 bits per heavy atom. The van der Waals surface area contributed by atoms with Crippen molar-refractivity contribution < 1.29 is 30.9 Å². The first-order chi connectivity index (χ1) is 18.5. The third kappa shape index (κ3) is 12.6. The van der Waals surface area contributed by atoms with Crippen molar-refractivity contribution in [1.82, 2.24) is 0 Å². The van der Waals surface area contributed by atoms with Crippen LogP contribution in [-0.4, -0.2) is 26.2 Å². The molecule has 1 atom stereocenters. The van der Waals surface area contributed by atoms with Crippen LogP contribution in [0.15, 0.2) is 111 Å². The van der Waals surface area contributed by atoms with E-state index >= 15 is 0 Å². The third-order valence-corrected chi connectivity index (χ3v) is 10.3. The zero-order valence-corrected chi connectivity index (χ0v) is 26.2. The van der Waals surface area contributed by atoms with Crippen molar-refractivity contribution in [3.05, 3.63) is 112 Å². The standard InChI is InChI=1S/C18H19NSe.2C8H11.2Ni/c1-18(14-20-16-10-6-3-7-11-16)13-12-17(19-18)15-8-4-2-5-9-15;2*1-2-4-6-8-7-5-3-1;;/h2-11H,12-14H2,1H3;2*1-2,7H,3-6H2;;. The molecule has 0 fully saturated rings.